The standard InChI is InChI=1S/C19H18F3N5O4/c1-3-4-5-8-26-17(28)13(10-23)11(2)16(18(26)29)25-24-14-7-6-12(19(20,21)22)9-15(14)27(30)31/h6-7,9,28H,3-5,8H2,1-2H3. The molecular formula is C19H18F3N5O4. The van der Waals surface area contributed by atoms with E-state index in [1.54, 1.807) is 6.07 Å². The van der Waals surface area contributed by atoms with Crippen molar-refractivity contribution >= 4 is 17.1 Å². The molecule has 0 aliphatic heterocycles. The second-order valence-corrected chi connectivity index (χ2v) is 6.61. The molecule has 1 aromatic carbocycles. The van der Waals surface area contributed by atoms with Crippen molar-refractivity contribution in [3.05, 3.63) is 55.4 Å². The lowest BCUT2D eigenvalue weighted by atomic mass is 10.1. The number of hydrogen-bond donors (Lipinski definition) is 1. The Morgan fingerprint density at radius 3 is 2.52 bits per heavy atom. The summed E-state index contributed by atoms with van der Waals surface area (Å²) in [5.74, 6) is -0.527. The Hall–Kier alpha value is -3.75. The molecule has 0 fully saturated rings. The Morgan fingerprint density at radius 2 is 1.97 bits per heavy atom. The van der Waals surface area contributed by atoms with Gasteiger partial charge in [0.15, 0.2) is 11.4 Å². The molecule has 2 aromatic rings. The van der Waals surface area contributed by atoms with Gasteiger partial charge in [-0.1, -0.05) is 19.8 Å². The van der Waals surface area contributed by atoms with E-state index in [1.807, 2.05) is 6.92 Å². The van der Waals surface area contributed by atoms with Crippen molar-refractivity contribution in [2.24, 2.45) is 10.2 Å². The third-order valence-corrected chi connectivity index (χ3v) is 4.51. The quantitative estimate of drug-likeness (QED) is 0.273. The van der Waals surface area contributed by atoms with Crippen LogP contribution in [0.2, 0.25) is 0 Å². The predicted octanol–water partition coefficient (Wildman–Crippen LogP) is 5.27. The Kier molecular flexibility index (Phi) is 7.12. The van der Waals surface area contributed by atoms with Crippen LogP contribution in [0, 0.1) is 28.4 Å². The maximum absolute atomic E-state index is 12.8. The van der Waals surface area contributed by atoms with Gasteiger partial charge in [-0.15, -0.1) is 10.2 Å². The number of nitriles is 1. The molecule has 9 nitrogen and oxygen atoms in total. The van der Waals surface area contributed by atoms with Crippen molar-refractivity contribution < 1.29 is 23.2 Å². The van der Waals surface area contributed by atoms with Gasteiger partial charge in [-0.3, -0.25) is 19.5 Å². The molecule has 0 aliphatic rings. The van der Waals surface area contributed by atoms with Crippen LogP contribution in [0.5, 0.6) is 5.88 Å². The van der Waals surface area contributed by atoms with Crippen LogP contribution in [0.25, 0.3) is 0 Å². The Bertz CT molecular complexity index is 1130. The summed E-state index contributed by atoms with van der Waals surface area (Å²) in [6, 6.07) is 3.47. The van der Waals surface area contributed by atoms with Gasteiger partial charge in [0, 0.05) is 18.2 Å². The first kappa shape index (κ1) is 23.5. The first-order valence-corrected chi connectivity index (χ1v) is 9.16. The van der Waals surface area contributed by atoms with E-state index in [9.17, 15) is 38.4 Å². The average molecular weight is 437 g/mol. The number of azo groups is 1. The van der Waals surface area contributed by atoms with E-state index in [0.29, 0.717) is 18.6 Å². The molecule has 0 saturated carbocycles. The molecule has 1 N–H and O–H groups in total. The number of nitro benzene ring substituents is 1. The van der Waals surface area contributed by atoms with Gasteiger partial charge in [0.25, 0.3) is 11.2 Å². The van der Waals surface area contributed by atoms with Crippen LogP contribution < -0.4 is 5.56 Å². The fourth-order valence-corrected chi connectivity index (χ4v) is 2.82. The molecule has 31 heavy (non-hydrogen) atoms. The lowest BCUT2D eigenvalue weighted by molar-refractivity contribution is -0.384. The van der Waals surface area contributed by atoms with E-state index in [1.165, 1.54) is 6.92 Å². The third-order valence-electron chi connectivity index (χ3n) is 4.51. The molecule has 0 amide bonds. The van der Waals surface area contributed by atoms with Gasteiger partial charge in [0.2, 0.25) is 5.88 Å². The zero-order valence-electron chi connectivity index (χ0n) is 16.6. The molecule has 12 heteroatoms. The highest BCUT2D eigenvalue weighted by molar-refractivity contribution is 5.60. The van der Waals surface area contributed by atoms with Crippen molar-refractivity contribution in [2.75, 3.05) is 0 Å². The number of nitrogens with zero attached hydrogens (tertiary/aromatic N) is 5. The fraction of sp³-hybridized carbons (Fsp3) is 0.368. The lowest BCUT2D eigenvalue weighted by Crippen LogP contribution is -2.22. The SMILES string of the molecule is CCCCCn1c(O)c(C#N)c(C)c(N=Nc2ccc(C(F)(F)F)cc2[N+](=O)[O-])c1=O. The molecule has 0 spiro atoms. The van der Waals surface area contributed by atoms with E-state index in [4.69, 9.17) is 0 Å². The van der Waals surface area contributed by atoms with Crippen LogP contribution in [0.4, 0.5) is 30.2 Å². The summed E-state index contributed by atoms with van der Waals surface area (Å²) in [6.45, 7) is 3.39. The highest BCUT2D eigenvalue weighted by Crippen LogP contribution is 2.37. The number of hydrogen-bond acceptors (Lipinski definition) is 7. The Morgan fingerprint density at radius 1 is 1.29 bits per heavy atom. The maximum Gasteiger partial charge on any atom is 0.416 e. The second kappa shape index (κ2) is 9.38. The maximum atomic E-state index is 12.8. The topological polar surface area (TPSA) is 134 Å². The highest BCUT2D eigenvalue weighted by atomic mass is 19.4. The van der Waals surface area contributed by atoms with Gasteiger partial charge < -0.3 is 5.11 Å². The molecular weight excluding hydrogens is 419 g/mol. The number of nitro groups is 1. The third kappa shape index (κ3) is 5.06. The van der Waals surface area contributed by atoms with Gasteiger partial charge >= 0.3 is 6.18 Å². The van der Waals surface area contributed by atoms with Gasteiger partial charge in [-0.05, 0) is 25.5 Å². The zero-order chi connectivity index (χ0) is 23.3. The molecule has 0 saturated heterocycles. The predicted molar refractivity (Wildman–Crippen MR) is 104 cm³/mol. The van der Waals surface area contributed by atoms with E-state index in [2.05, 4.69) is 10.2 Å². The summed E-state index contributed by atoms with van der Waals surface area (Å²) in [4.78, 5) is 22.9. The van der Waals surface area contributed by atoms with Crippen LogP contribution in [0.15, 0.2) is 33.2 Å². The summed E-state index contributed by atoms with van der Waals surface area (Å²) in [5.41, 5.74) is -4.02. The van der Waals surface area contributed by atoms with Gasteiger partial charge in [-0.25, -0.2) is 0 Å². The molecule has 0 bridgehead atoms. The summed E-state index contributed by atoms with van der Waals surface area (Å²) in [6.07, 6.45) is -2.65. The molecule has 2 rings (SSSR count). The summed E-state index contributed by atoms with van der Waals surface area (Å²) >= 11 is 0. The van der Waals surface area contributed by atoms with E-state index in [0.717, 1.165) is 23.5 Å². The first-order chi connectivity index (χ1) is 14.5. The van der Waals surface area contributed by atoms with Crippen LogP contribution in [0.3, 0.4) is 0 Å². The molecule has 0 atom stereocenters. The molecule has 0 aliphatic carbocycles. The fourth-order valence-electron chi connectivity index (χ4n) is 2.82. The second-order valence-electron chi connectivity index (χ2n) is 6.61. The van der Waals surface area contributed by atoms with Gasteiger partial charge in [0.1, 0.15) is 11.6 Å². The van der Waals surface area contributed by atoms with Gasteiger partial charge in [0.05, 0.1) is 10.5 Å². The molecule has 0 radical (unpaired) electrons. The van der Waals surface area contributed by atoms with Crippen molar-refractivity contribution in [3.63, 3.8) is 0 Å². The normalized spacial score (nSPS) is 11.6. The van der Waals surface area contributed by atoms with Crippen LogP contribution in [-0.2, 0) is 12.7 Å². The molecule has 1 aromatic heterocycles. The number of aromatic hydroxyl groups is 1. The number of rotatable bonds is 7. The monoisotopic (exact) mass is 437 g/mol. The van der Waals surface area contributed by atoms with Crippen LogP contribution in [0.1, 0.15) is 42.9 Å². The minimum atomic E-state index is -4.79. The number of halogens is 3. The first-order valence-electron chi connectivity index (χ1n) is 9.16. The van der Waals surface area contributed by atoms with Crippen molar-refractivity contribution in [1.29, 1.82) is 5.26 Å². The number of pyridine rings is 1. The number of aromatic nitrogens is 1. The summed E-state index contributed by atoms with van der Waals surface area (Å²) in [7, 11) is 0. The molecule has 0 unspecified atom stereocenters. The van der Waals surface area contributed by atoms with Crippen LogP contribution in [-0.4, -0.2) is 14.6 Å². The number of benzene rings is 1. The highest BCUT2D eigenvalue weighted by Gasteiger charge is 2.33. The van der Waals surface area contributed by atoms with E-state index < -0.39 is 39.5 Å². The zero-order valence-corrected chi connectivity index (χ0v) is 16.6. The Balaban J connectivity index is 2.61. The van der Waals surface area contributed by atoms with E-state index >= 15 is 0 Å². The lowest BCUT2D eigenvalue weighted by Gasteiger charge is -2.12. The minimum absolute atomic E-state index is 0.00458. The number of alkyl halides is 3. The van der Waals surface area contributed by atoms with Crippen molar-refractivity contribution in [1.82, 2.24) is 4.57 Å². The average Bonchev–Trinajstić information content (AvgIpc) is 2.70. The van der Waals surface area contributed by atoms with E-state index in [-0.39, 0.29) is 23.4 Å². The Labute approximate surface area is 174 Å². The minimum Gasteiger partial charge on any atom is -0.493 e. The van der Waals surface area contributed by atoms with Crippen LogP contribution >= 0.6 is 0 Å². The van der Waals surface area contributed by atoms with Crippen molar-refractivity contribution in [3.8, 4) is 11.9 Å². The molecule has 164 valence electrons. The summed E-state index contributed by atoms with van der Waals surface area (Å²) in [5, 5.41) is 38.1. The smallest absolute Gasteiger partial charge is 0.416 e. The number of unbranched alkanes of at least 4 members (excludes halogenated alkanes) is 2. The van der Waals surface area contributed by atoms with Crippen molar-refractivity contribution in [2.45, 2.75) is 45.8 Å². The molecule has 1 heterocycles. The summed E-state index contributed by atoms with van der Waals surface area (Å²) < 4.78 is 39.5. The van der Waals surface area contributed by atoms with Gasteiger partial charge in [-0.2, -0.15) is 18.4 Å². The largest absolute Gasteiger partial charge is 0.493 e.